The standard InChI is InChI=1S/C43H33Cl2N15O9S2/c1-20-6-4-8-25(14-20)47-41-53-42(55-43(54-41)60-13-5-7-23(19-60)37(62)63)49-26-10-9-21(2)28(17-26)56-59-35-31(71(67,68)69)16-24-15-22(3)34(36(61)32(24)33(35)46)58-57-29-18-27(11-12-30(29)70(64,65)66)48-40-51-38(44)50-39(45)52-40/h4-19H,1-3H3,(H8-,46,47,48,49,50,51,52,53,54,55,56,57,61,62,63,64,65,66,67,68,69)/p+1. The highest BCUT2D eigenvalue weighted by Gasteiger charge is 2.26. The molecule has 8 rings (SSSR count). The normalized spacial score (nSPS) is 11.9. The molecule has 0 fully saturated rings. The second-order valence-corrected chi connectivity index (χ2v) is 18.6. The van der Waals surface area contributed by atoms with E-state index in [1.165, 1.54) is 48.0 Å². The number of nitrogens with two attached hydrogens (primary N) is 1. The number of aromatic nitrogens is 7. The van der Waals surface area contributed by atoms with Crippen molar-refractivity contribution < 1.29 is 45.5 Å². The number of pyridine rings is 1. The number of fused-ring (bicyclic) bond motifs is 1. The molecule has 0 saturated heterocycles. The summed E-state index contributed by atoms with van der Waals surface area (Å²) in [6.45, 7) is 5.07. The van der Waals surface area contributed by atoms with E-state index in [0.29, 0.717) is 16.9 Å². The van der Waals surface area contributed by atoms with Gasteiger partial charge in [0.25, 0.3) is 20.2 Å². The number of azo groups is 2. The molecule has 3 aromatic heterocycles. The van der Waals surface area contributed by atoms with Crippen LogP contribution in [0.4, 0.5) is 63.3 Å². The Kier molecular flexibility index (Phi) is 13.5. The van der Waals surface area contributed by atoms with Gasteiger partial charge in [0.15, 0.2) is 5.75 Å². The van der Waals surface area contributed by atoms with Gasteiger partial charge in [-0.2, -0.15) is 36.9 Å². The van der Waals surface area contributed by atoms with Gasteiger partial charge in [-0.3, -0.25) is 9.11 Å². The van der Waals surface area contributed by atoms with Crippen molar-refractivity contribution in [2.45, 2.75) is 30.6 Å². The third-order valence-electron chi connectivity index (χ3n) is 10.0. The zero-order valence-corrected chi connectivity index (χ0v) is 39.8. The topological polar surface area (TPSA) is 359 Å². The summed E-state index contributed by atoms with van der Waals surface area (Å²) in [6.07, 6.45) is 2.90. The summed E-state index contributed by atoms with van der Waals surface area (Å²) >= 11 is 11.7. The molecule has 28 heteroatoms. The molecule has 0 radical (unpaired) electrons. The van der Waals surface area contributed by atoms with Crippen molar-refractivity contribution in [3.05, 3.63) is 130 Å². The maximum Gasteiger partial charge on any atom is 0.444 e. The van der Waals surface area contributed by atoms with Crippen LogP contribution in [0.5, 0.6) is 5.75 Å². The van der Waals surface area contributed by atoms with Crippen LogP contribution in [0.1, 0.15) is 27.0 Å². The van der Waals surface area contributed by atoms with Gasteiger partial charge in [0, 0.05) is 17.1 Å². The van der Waals surface area contributed by atoms with Gasteiger partial charge < -0.3 is 31.9 Å². The molecule has 0 aliphatic rings. The lowest BCUT2D eigenvalue weighted by molar-refractivity contribution is -0.603. The van der Waals surface area contributed by atoms with Crippen LogP contribution in [0.2, 0.25) is 10.6 Å². The number of nitrogens with one attached hydrogen (secondary N) is 3. The average molecular weight is 1040 g/mol. The molecule has 5 aromatic carbocycles. The summed E-state index contributed by atoms with van der Waals surface area (Å²) in [7, 11) is -9.94. The predicted octanol–water partition coefficient (Wildman–Crippen LogP) is 9.26. The number of carboxylic acids is 1. The second kappa shape index (κ2) is 19.5. The second-order valence-electron chi connectivity index (χ2n) is 15.2. The predicted molar refractivity (Wildman–Crippen MR) is 260 cm³/mol. The first-order valence-corrected chi connectivity index (χ1v) is 23.8. The lowest BCUT2D eigenvalue weighted by atomic mass is 10.0. The van der Waals surface area contributed by atoms with Gasteiger partial charge in [0.2, 0.25) is 16.5 Å². The molecule has 24 nitrogen and oxygen atoms in total. The molecule has 71 heavy (non-hydrogen) atoms. The van der Waals surface area contributed by atoms with Gasteiger partial charge in [-0.15, -0.1) is 20.3 Å². The van der Waals surface area contributed by atoms with Gasteiger partial charge >= 0.3 is 23.8 Å². The van der Waals surface area contributed by atoms with E-state index in [4.69, 9.17) is 28.9 Å². The van der Waals surface area contributed by atoms with Crippen LogP contribution < -0.4 is 26.3 Å². The van der Waals surface area contributed by atoms with Crippen LogP contribution in [0.25, 0.3) is 16.7 Å². The Morgan fingerprint density at radius 3 is 1.87 bits per heavy atom. The Morgan fingerprint density at radius 2 is 1.24 bits per heavy atom. The van der Waals surface area contributed by atoms with Gasteiger partial charge in [-0.25, -0.2) is 9.36 Å². The summed E-state index contributed by atoms with van der Waals surface area (Å²) in [5, 5.41) is 46.2. The Bertz CT molecular complexity index is 3770. The van der Waals surface area contributed by atoms with E-state index in [0.717, 1.165) is 23.8 Å². The number of hydrogen-bond acceptors (Lipinski definition) is 20. The Balaban J connectivity index is 1.16. The smallest absolute Gasteiger partial charge is 0.444 e. The molecule has 8 aromatic rings. The average Bonchev–Trinajstić information content (AvgIpc) is 3.28. The molecular weight excluding hydrogens is 1010 g/mol. The van der Waals surface area contributed by atoms with E-state index in [1.807, 2.05) is 31.2 Å². The third kappa shape index (κ3) is 11.2. The molecule has 0 spiro atoms. The summed E-state index contributed by atoms with van der Waals surface area (Å²) in [5.74, 6) is -1.76. The number of phenols is 1. The monoisotopic (exact) mass is 1040 g/mol. The van der Waals surface area contributed by atoms with E-state index < -0.39 is 58.8 Å². The van der Waals surface area contributed by atoms with Crippen LogP contribution in [0.15, 0.2) is 128 Å². The number of hydrogen-bond donors (Lipinski definition) is 8. The molecule has 3 heterocycles. The summed E-state index contributed by atoms with van der Waals surface area (Å²) in [6, 6.07) is 21.0. The number of halogens is 2. The number of rotatable bonds is 14. The van der Waals surface area contributed by atoms with Crippen molar-refractivity contribution in [1.29, 1.82) is 0 Å². The number of benzene rings is 5. The van der Waals surface area contributed by atoms with Gasteiger partial charge in [0.1, 0.15) is 26.9 Å². The lowest BCUT2D eigenvalue weighted by Crippen LogP contribution is -2.34. The number of nitrogen functional groups attached to an aromatic ring is 1. The first-order chi connectivity index (χ1) is 33.6. The number of phenolic OH excluding ortho intramolecular Hbond substituents is 1. The van der Waals surface area contributed by atoms with E-state index in [-0.39, 0.29) is 73.3 Å². The fraction of sp³-hybridized carbons (Fsp3) is 0.0698. The minimum Gasteiger partial charge on any atom is -0.505 e. The number of nitrogens with zero attached hydrogens (tertiary/aromatic N) is 11. The quantitative estimate of drug-likeness (QED) is 0.0217. The highest BCUT2D eigenvalue weighted by Crippen LogP contribution is 2.47. The van der Waals surface area contributed by atoms with E-state index in [1.54, 1.807) is 25.3 Å². The number of aromatic carboxylic acids is 1. The SMILES string of the molecule is Cc1cccc(Nc2nc(Nc3ccc(C)c(N=Nc4c(S(=O)(=O)O)cc5cc(C)c(N=Nc6cc(Nc7nc(Cl)nc(Cl)n7)ccc6S(=O)(=O)O)c(O)c5c4N)c3)nc(-[n+]3cccc(C(=O)O)c3)n2)c1. The minimum absolute atomic E-state index is 0.0186. The first kappa shape index (κ1) is 49.0. The van der Waals surface area contributed by atoms with Crippen LogP contribution in [-0.4, -0.2) is 72.0 Å². The number of carboxylic acid groups (broad SMARTS) is 1. The Labute approximate surface area is 411 Å². The number of anilines is 7. The van der Waals surface area contributed by atoms with Crippen molar-refractivity contribution in [1.82, 2.24) is 29.9 Å². The molecular formula is C43H34Cl2N15O9S2+. The van der Waals surface area contributed by atoms with Crippen LogP contribution in [0, 0.1) is 20.8 Å². The van der Waals surface area contributed by atoms with Crippen molar-refractivity contribution in [3.8, 4) is 11.7 Å². The van der Waals surface area contributed by atoms with Crippen LogP contribution in [-0.2, 0) is 20.2 Å². The van der Waals surface area contributed by atoms with Crippen molar-refractivity contribution in [3.63, 3.8) is 0 Å². The Hall–Kier alpha value is -8.40. The molecule has 0 atom stereocenters. The summed E-state index contributed by atoms with van der Waals surface area (Å²) < 4.78 is 72.2. The summed E-state index contributed by atoms with van der Waals surface area (Å²) in [4.78, 5) is 35.3. The van der Waals surface area contributed by atoms with Crippen molar-refractivity contribution >= 4 is 124 Å². The molecule has 0 saturated carbocycles. The molecule has 360 valence electrons. The molecule has 0 aliphatic carbocycles. The van der Waals surface area contributed by atoms with Crippen molar-refractivity contribution in [2.75, 3.05) is 21.7 Å². The zero-order chi connectivity index (χ0) is 50.9. The summed E-state index contributed by atoms with van der Waals surface area (Å²) in [5.41, 5.74) is 7.82. The molecule has 0 unspecified atom stereocenters. The van der Waals surface area contributed by atoms with E-state index in [2.05, 4.69) is 66.3 Å². The maximum absolute atomic E-state index is 12.9. The highest BCUT2D eigenvalue weighted by molar-refractivity contribution is 7.86. The van der Waals surface area contributed by atoms with Crippen LogP contribution in [0.3, 0.4) is 0 Å². The highest BCUT2D eigenvalue weighted by atomic mass is 35.5. The third-order valence-corrected chi connectivity index (χ3v) is 12.2. The molecule has 0 bridgehead atoms. The molecule has 0 amide bonds. The number of carbonyl (C=O) groups is 1. The largest absolute Gasteiger partial charge is 0.505 e. The number of aryl methyl sites for hydroxylation is 3. The molecule has 0 aliphatic heterocycles. The minimum atomic E-state index is -5.05. The van der Waals surface area contributed by atoms with E-state index in [9.17, 15) is 40.9 Å². The fourth-order valence-electron chi connectivity index (χ4n) is 6.80. The van der Waals surface area contributed by atoms with Gasteiger partial charge in [-0.1, -0.05) is 18.2 Å². The van der Waals surface area contributed by atoms with Gasteiger partial charge in [-0.05, 0) is 143 Å². The number of aromatic hydroxyl groups is 1. The first-order valence-electron chi connectivity index (χ1n) is 20.2. The zero-order valence-electron chi connectivity index (χ0n) is 36.6. The van der Waals surface area contributed by atoms with Gasteiger partial charge in [0.05, 0.1) is 34.7 Å². The molecule has 9 N–H and O–H groups in total. The van der Waals surface area contributed by atoms with E-state index >= 15 is 0 Å². The van der Waals surface area contributed by atoms with Crippen molar-refractivity contribution in [2.24, 2.45) is 20.5 Å². The fourth-order valence-corrected chi connectivity index (χ4v) is 8.44. The van der Waals surface area contributed by atoms with Crippen LogP contribution >= 0.6 is 23.2 Å². The lowest BCUT2D eigenvalue weighted by Gasteiger charge is -2.14. The Morgan fingerprint density at radius 1 is 0.648 bits per heavy atom. The maximum atomic E-state index is 12.9.